The fourth-order valence-electron chi connectivity index (χ4n) is 1.35. The molecule has 0 radical (unpaired) electrons. The third-order valence-corrected chi connectivity index (χ3v) is 2.11. The lowest BCUT2D eigenvalue weighted by Gasteiger charge is -1.96. The summed E-state index contributed by atoms with van der Waals surface area (Å²) in [5.41, 5.74) is 0.779. The van der Waals surface area contributed by atoms with Crippen LogP contribution in [0, 0.1) is 0 Å². The van der Waals surface area contributed by atoms with E-state index in [4.69, 9.17) is 9.52 Å². The Morgan fingerprint density at radius 1 is 1.41 bits per heavy atom. The van der Waals surface area contributed by atoms with Crippen molar-refractivity contribution in [1.82, 2.24) is 10.2 Å². The Balaban J connectivity index is 2.38. The Morgan fingerprint density at radius 3 is 2.94 bits per heavy atom. The van der Waals surface area contributed by atoms with Crippen LogP contribution in [0.15, 0.2) is 34.8 Å². The van der Waals surface area contributed by atoms with Crippen molar-refractivity contribution in [3.8, 4) is 11.5 Å². The monoisotopic (exact) mass is 230 g/mol. The summed E-state index contributed by atoms with van der Waals surface area (Å²) in [6.45, 7) is 1.84. The predicted molar refractivity (Wildman–Crippen MR) is 61.4 cm³/mol. The highest BCUT2D eigenvalue weighted by Gasteiger charge is 2.09. The smallest absolute Gasteiger partial charge is 0.335 e. The number of hydrogen-bond acceptors (Lipinski definition) is 4. The predicted octanol–water partition coefficient (Wildman–Crippen LogP) is 2.47. The number of aromatic carboxylic acids is 1. The van der Waals surface area contributed by atoms with Crippen molar-refractivity contribution in [2.45, 2.75) is 6.92 Å². The average molecular weight is 230 g/mol. The van der Waals surface area contributed by atoms with E-state index in [0.717, 1.165) is 0 Å². The number of carboxylic acid groups (broad SMARTS) is 1. The lowest BCUT2D eigenvalue weighted by atomic mass is 10.1. The van der Waals surface area contributed by atoms with Crippen molar-refractivity contribution >= 4 is 12.0 Å². The molecule has 0 atom stereocenters. The molecule has 0 unspecified atom stereocenters. The van der Waals surface area contributed by atoms with Crippen LogP contribution >= 0.6 is 0 Å². The fourth-order valence-corrected chi connectivity index (χ4v) is 1.35. The molecule has 2 aromatic rings. The molecule has 5 heteroatoms. The number of hydrogen-bond donors (Lipinski definition) is 1. The third kappa shape index (κ3) is 2.39. The number of rotatable bonds is 3. The van der Waals surface area contributed by atoms with Crippen molar-refractivity contribution < 1.29 is 14.3 Å². The van der Waals surface area contributed by atoms with Gasteiger partial charge in [0.1, 0.15) is 0 Å². The van der Waals surface area contributed by atoms with Gasteiger partial charge in [0.15, 0.2) is 0 Å². The fraction of sp³-hybridized carbons (Fsp3) is 0.0833. The van der Waals surface area contributed by atoms with E-state index in [1.807, 2.05) is 6.92 Å². The summed E-state index contributed by atoms with van der Waals surface area (Å²) in [6.07, 6.45) is 3.46. The third-order valence-electron chi connectivity index (χ3n) is 2.11. The lowest BCUT2D eigenvalue weighted by molar-refractivity contribution is 0.0697. The molecule has 0 aliphatic rings. The van der Waals surface area contributed by atoms with Gasteiger partial charge in [0, 0.05) is 5.56 Å². The van der Waals surface area contributed by atoms with Gasteiger partial charge < -0.3 is 9.52 Å². The van der Waals surface area contributed by atoms with Crippen molar-refractivity contribution in [2.75, 3.05) is 0 Å². The zero-order valence-corrected chi connectivity index (χ0v) is 9.12. The molecule has 0 aliphatic heterocycles. The van der Waals surface area contributed by atoms with E-state index in [0.29, 0.717) is 17.3 Å². The highest BCUT2D eigenvalue weighted by molar-refractivity contribution is 5.88. The molecule has 17 heavy (non-hydrogen) atoms. The minimum Gasteiger partial charge on any atom is -0.478 e. The van der Waals surface area contributed by atoms with Crippen LogP contribution < -0.4 is 0 Å². The molecule has 0 saturated heterocycles. The first-order chi connectivity index (χ1) is 8.20. The Morgan fingerprint density at radius 2 is 2.24 bits per heavy atom. The largest absolute Gasteiger partial charge is 0.478 e. The first-order valence-electron chi connectivity index (χ1n) is 5.00. The van der Waals surface area contributed by atoms with E-state index < -0.39 is 5.97 Å². The van der Waals surface area contributed by atoms with Gasteiger partial charge in [-0.15, -0.1) is 10.2 Å². The normalized spacial score (nSPS) is 10.9. The minimum atomic E-state index is -0.986. The van der Waals surface area contributed by atoms with Gasteiger partial charge in [0.2, 0.25) is 11.8 Å². The summed E-state index contributed by atoms with van der Waals surface area (Å²) in [5, 5.41) is 16.5. The Bertz CT molecular complexity index is 573. The van der Waals surface area contributed by atoms with Crippen LogP contribution in [0.1, 0.15) is 23.2 Å². The van der Waals surface area contributed by atoms with E-state index in [1.165, 1.54) is 12.1 Å². The number of carbonyl (C=O) groups is 1. The van der Waals surface area contributed by atoms with Crippen molar-refractivity contribution in [3.05, 3.63) is 41.8 Å². The second kappa shape index (κ2) is 4.61. The molecule has 1 heterocycles. The number of benzene rings is 1. The van der Waals surface area contributed by atoms with Gasteiger partial charge in [-0.2, -0.15) is 0 Å². The molecular weight excluding hydrogens is 220 g/mol. The first kappa shape index (κ1) is 11.1. The van der Waals surface area contributed by atoms with Gasteiger partial charge in [-0.1, -0.05) is 12.1 Å². The van der Waals surface area contributed by atoms with E-state index in [-0.39, 0.29) is 5.56 Å². The molecular formula is C12H10N2O3. The zero-order valence-electron chi connectivity index (χ0n) is 9.12. The maximum absolute atomic E-state index is 10.8. The van der Waals surface area contributed by atoms with Crippen molar-refractivity contribution in [3.63, 3.8) is 0 Å². The van der Waals surface area contributed by atoms with Crippen LogP contribution in [0.3, 0.4) is 0 Å². The lowest BCUT2D eigenvalue weighted by Crippen LogP contribution is -1.95. The molecule has 5 nitrogen and oxygen atoms in total. The van der Waals surface area contributed by atoms with E-state index in [9.17, 15) is 4.79 Å². The zero-order chi connectivity index (χ0) is 12.3. The van der Waals surface area contributed by atoms with E-state index in [2.05, 4.69) is 10.2 Å². The van der Waals surface area contributed by atoms with Crippen LogP contribution in [0.2, 0.25) is 0 Å². The standard InChI is InChI=1S/C12H10N2O3/c1-2-4-10-13-14-11(17-10)8-5-3-6-9(7-8)12(15)16/h2-7H,1H3,(H,15,16)/b4-2+. The quantitative estimate of drug-likeness (QED) is 0.876. The molecule has 0 saturated carbocycles. The first-order valence-corrected chi connectivity index (χ1v) is 5.00. The van der Waals surface area contributed by atoms with Gasteiger partial charge in [0.25, 0.3) is 0 Å². The summed E-state index contributed by atoms with van der Waals surface area (Å²) >= 11 is 0. The number of aromatic nitrogens is 2. The van der Waals surface area contributed by atoms with E-state index in [1.54, 1.807) is 24.3 Å². The van der Waals surface area contributed by atoms with Crippen LogP contribution in [-0.4, -0.2) is 21.3 Å². The summed E-state index contributed by atoms with van der Waals surface area (Å²) in [4.78, 5) is 10.8. The number of nitrogens with zero attached hydrogens (tertiary/aromatic N) is 2. The van der Waals surface area contributed by atoms with Crippen LogP contribution in [0.5, 0.6) is 0 Å². The molecule has 1 aromatic heterocycles. The second-order valence-electron chi connectivity index (χ2n) is 3.33. The minimum absolute atomic E-state index is 0.188. The molecule has 86 valence electrons. The summed E-state index contributed by atoms with van der Waals surface area (Å²) in [7, 11) is 0. The SMILES string of the molecule is C/C=C/c1nnc(-c2cccc(C(=O)O)c2)o1. The van der Waals surface area contributed by atoms with Crippen molar-refractivity contribution in [1.29, 1.82) is 0 Å². The Labute approximate surface area is 97.4 Å². The molecule has 0 bridgehead atoms. The topological polar surface area (TPSA) is 76.2 Å². The maximum atomic E-state index is 10.8. The number of allylic oxidation sites excluding steroid dienone is 1. The van der Waals surface area contributed by atoms with Gasteiger partial charge in [-0.05, 0) is 31.2 Å². The van der Waals surface area contributed by atoms with Crippen LogP contribution in [0.25, 0.3) is 17.5 Å². The maximum Gasteiger partial charge on any atom is 0.335 e. The molecule has 1 N–H and O–H groups in total. The van der Waals surface area contributed by atoms with Gasteiger partial charge in [-0.25, -0.2) is 4.79 Å². The molecule has 0 amide bonds. The molecule has 1 aromatic carbocycles. The van der Waals surface area contributed by atoms with Crippen LogP contribution in [0.4, 0.5) is 0 Å². The molecule has 0 spiro atoms. The van der Waals surface area contributed by atoms with Gasteiger partial charge in [-0.3, -0.25) is 0 Å². The highest BCUT2D eigenvalue weighted by Crippen LogP contribution is 2.19. The van der Waals surface area contributed by atoms with Crippen molar-refractivity contribution in [2.24, 2.45) is 0 Å². The molecule has 0 fully saturated rings. The molecule has 2 rings (SSSR count). The van der Waals surface area contributed by atoms with Gasteiger partial charge in [0.05, 0.1) is 5.56 Å². The Hall–Kier alpha value is -2.43. The van der Waals surface area contributed by atoms with Gasteiger partial charge >= 0.3 is 5.97 Å². The number of carboxylic acids is 1. The highest BCUT2D eigenvalue weighted by atomic mass is 16.4. The van der Waals surface area contributed by atoms with E-state index >= 15 is 0 Å². The average Bonchev–Trinajstić information content (AvgIpc) is 2.78. The second-order valence-corrected chi connectivity index (χ2v) is 3.33. The summed E-state index contributed by atoms with van der Waals surface area (Å²) < 4.78 is 5.34. The Kier molecular flexibility index (Phi) is 3.00. The summed E-state index contributed by atoms with van der Waals surface area (Å²) in [6, 6.07) is 6.36. The summed E-state index contributed by atoms with van der Waals surface area (Å²) in [5.74, 6) is -0.288. The van der Waals surface area contributed by atoms with Crippen LogP contribution in [-0.2, 0) is 0 Å². The molecule has 0 aliphatic carbocycles.